The molecule has 5 rings (SSSR count). The van der Waals surface area contributed by atoms with Crippen molar-refractivity contribution in [3.8, 4) is 22.5 Å². The van der Waals surface area contributed by atoms with Gasteiger partial charge in [0, 0.05) is 75.6 Å². The lowest BCUT2D eigenvalue weighted by molar-refractivity contribution is 0.100. The molecule has 5 heterocycles. The molecule has 0 radical (unpaired) electrons. The Morgan fingerprint density at radius 1 is 1.03 bits per heavy atom. The molecule has 0 bridgehead atoms. The van der Waals surface area contributed by atoms with Crippen LogP contribution in [0.4, 0.5) is 11.8 Å². The average Bonchev–Trinajstić information content (AvgIpc) is 3.03. The van der Waals surface area contributed by atoms with Gasteiger partial charge in [0.15, 0.2) is 0 Å². The summed E-state index contributed by atoms with van der Waals surface area (Å²) < 4.78 is 5.52. The van der Waals surface area contributed by atoms with Crippen molar-refractivity contribution in [1.29, 1.82) is 0 Å². The van der Waals surface area contributed by atoms with E-state index in [1.807, 2.05) is 31.5 Å². The van der Waals surface area contributed by atoms with Gasteiger partial charge in [-0.3, -0.25) is 9.78 Å². The molecule has 2 aliphatic rings. The van der Waals surface area contributed by atoms with E-state index in [9.17, 15) is 4.79 Å². The van der Waals surface area contributed by atoms with Gasteiger partial charge in [-0.1, -0.05) is 0 Å². The molecule has 2 saturated heterocycles. The summed E-state index contributed by atoms with van der Waals surface area (Å²) in [6, 6.07) is 3.92. The van der Waals surface area contributed by atoms with E-state index in [1.54, 1.807) is 6.20 Å². The average molecular weight is 463 g/mol. The molecule has 0 aliphatic carbocycles. The molecule has 10 nitrogen and oxygen atoms in total. The van der Waals surface area contributed by atoms with Crippen LogP contribution in [-0.4, -0.2) is 78.3 Å². The van der Waals surface area contributed by atoms with Crippen LogP contribution in [0.3, 0.4) is 0 Å². The quantitative estimate of drug-likeness (QED) is 0.522. The van der Waals surface area contributed by atoms with Gasteiger partial charge in [-0.2, -0.15) is 0 Å². The van der Waals surface area contributed by atoms with Crippen LogP contribution in [0, 0.1) is 6.92 Å². The minimum atomic E-state index is -0.425. The molecule has 178 valence electrons. The van der Waals surface area contributed by atoms with Crippen molar-refractivity contribution in [3.63, 3.8) is 0 Å². The van der Waals surface area contributed by atoms with E-state index in [0.29, 0.717) is 18.1 Å². The Morgan fingerprint density at radius 3 is 2.59 bits per heavy atom. The predicted molar refractivity (Wildman–Crippen MR) is 131 cm³/mol. The van der Waals surface area contributed by atoms with E-state index in [-0.39, 0.29) is 0 Å². The molecule has 2 fully saturated rings. The number of aromatic amines is 1. The molecular weight excluding hydrogens is 432 g/mol. The number of nitrogens with zero attached hydrogens (tertiary/aromatic N) is 5. The maximum Gasteiger partial charge on any atom is 0.252 e. The normalized spacial score (nSPS) is 17.0. The molecule has 0 spiro atoms. The fourth-order valence-electron chi connectivity index (χ4n) is 4.60. The number of aromatic nitrogens is 4. The summed E-state index contributed by atoms with van der Waals surface area (Å²) >= 11 is 0. The number of rotatable bonds is 5. The Bertz CT molecular complexity index is 1150. The number of hydrogen-bond donors (Lipinski definition) is 3. The second kappa shape index (κ2) is 9.78. The third-order valence-corrected chi connectivity index (χ3v) is 6.40. The van der Waals surface area contributed by atoms with Crippen molar-refractivity contribution in [3.05, 3.63) is 41.9 Å². The molecule has 2 aliphatic heterocycles. The molecule has 0 saturated carbocycles. The second-order valence-corrected chi connectivity index (χ2v) is 8.60. The highest BCUT2D eigenvalue weighted by molar-refractivity contribution is 6.02. The van der Waals surface area contributed by atoms with Gasteiger partial charge in [-0.05, 0) is 31.0 Å². The highest BCUT2D eigenvalue weighted by Crippen LogP contribution is 2.33. The number of nitrogens with two attached hydrogens (primary N) is 1. The van der Waals surface area contributed by atoms with E-state index in [4.69, 9.17) is 10.5 Å². The van der Waals surface area contributed by atoms with Crippen molar-refractivity contribution in [2.75, 3.05) is 62.3 Å². The van der Waals surface area contributed by atoms with Crippen LogP contribution in [-0.2, 0) is 4.74 Å². The largest absolute Gasteiger partial charge is 0.380 e. The van der Waals surface area contributed by atoms with E-state index < -0.39 is 5.91 Å². The number of piperazine rings is 1. The van der Waals surface area contributed by atoms with Crippen LogP contribution in [0.25, 0.3) is 22.5 Å². The van der Waals surface area contributed by atoms with Crippen LogP contribution >= 0.6 is 0 Å². The number of ether oxygens (including phenoxy) is 1. The topological polar surface area (TPSA) is 125 Å². The number of anilines is 2. The van der Waals surface area contributed by atoms with E-state index in [1.165, 1.54) is 0 Å². The highest BCUT2D eigenvalue weighted by Gasteiger charge is 2.24. The van der Waals surface area contributed by atoms with Gasteiger partial charge in [0.05, 0.1) is 23.6 Å². The molecule has 0 aromatic carbocycles. The summed E-state index contributed by atoms with van der Waals surface area (Å²) in [6.07, 6.45) is 6.35. The van der Waals surface area contributed by atoms with E-state index >= 15 is 0 Å². The third-order valence-electron chi connectivity index (χ3n) is 6.40. The number of amides is 1. The van der Waals surface area contributed by atoms with Gasteiger partial charge in [-0.15, -0.1) is 0 Å². The van der Waals surface area contributed by atoms with Gasteiger partial charge in [0.2, 0.25) is 5.95 Å². The molecule has 4 N–H and O–H groups in total. The molecule has 1 amide bonds. The lowest BCUT2D eigenvalue weighted by Gasteiger charge is -2.29. The standard InChI is InChI=1S/C24H30N8O2/c1-16-20(22(25)33)23(31-8-5-26-6-9-31)30-21(16)17-3-4-27-19(13-17)18-14-28-24(29-15-18)32-7-2-11-34-12-10-32/h3-4,13-15,26,30H,2,5-12H2,1H3,(H2,25,33). The van der Waals surface area contributed by atoms with Crippen molar-refractivity contribution in [2.24, 2.45) is 5.73 Å². The number of carbonyl (C=O) groups excluding carboxylic acids is 1. The molecule has 34 heavy (non-hydrogen) atoms. The van der Waals surface area contributed by atoms with Crippen molar-refractivity contribution in [2.45, 2.75) is 13.3 Å². The zero-order valence-electron chi connectivity index (χ0n) is 19.4. The molecular formula is C24H30N8O2. The van der Waals surface area contributed by atoms with E-state index in [0.717, 1.165) is 86.2 Å². The summed E-state index contributed by atoms with van der Waals surface area (Å²) in [5.41, 5.74) is 10.6. The zero-order chi connectivity index (χ0) is 23.5. The van der Waals surface area contributed by atoms with Crippen LogP contribution in [0.1, 0.15) is 22.3 Å². The highest BCUT2D eigenvalue weighted by atomic mass is 16.5. The Hall–Kier alpha value is -3.50. The van der Waals surface area contributed by atoms with Gasteiger partial charge >= 0.3 is 0 Å². The Labute approximate surface area is 198 Å². The van der Waals surface area contributed by atoms with Gasteiger partial charge in [-0.25, -0.2) is 9.97 Å². The Balaban J connectivity index is 1.44. The second-order valence-electron chi connectivity index (χ2n) is 8.60. The zero-order valence-corrected chi connectivity index (χ0v) is 19.4. The Kier molecular flexibility index (Phi) is 6.41. The van der Waals surface area contributed by atoms with Crippen LogP contribution in [0.2, 0.25) is 0 Å². The summed E-state index contributed by atoms with van der Waals surface area (Å²) in [7, 11) is 0. The number of H-pyrrole nitrogens is 1. The molecule has 0 unspecified atom stereocenters. The molecule has 0 atom stereocenters. The first-order chi connectivity index (χ1) is 16.6. The number of hydrogen-bond acceptors (Lipinski definition) is 8. The minimum Gasteiger partial charge on any atom is -0.380 e. The minimum absolute atomic E-state index is 0.425. The molecule has 3 aromatic heterocycles. The van der Waals surface area contributed by atoms with E-state index in [2.05, 4.69) is 35.1 Å². The number of carbonyl (C=O) groups is 1. The van der Waals surface area contributed by atoms with Gasteiger partial charge < -0.3 is 30.6 Å². The maximum atomic E-state index is 12.3. The van der Waals surface area contributed by atoms with Crippen molar-refractivity contribution >= 4 is 17.7 Å². The summed E-state index contributed by atoms with van der Waals surface area (Å²) in [5, 5.41) is 3.34. The SMILES string of the molecule is Cc1c(-c2ccnc(-c3cnc(N4CCCOCC4)nc3)c2)[nH]c(N2CCNCC2)c1C(N)=O. The lowest BCUT2D eigenvalue weighted by Crippen LogP contribution is -2.44. The molecule has 3 aromatic rings. The van der Waals surface area contributed by atoms with Crippen LogP contribution < -0.4 is 20.9 Å². The maximum absolute atomic E-state index is 12.3. The predicted octanol–water partition coefficient (Wildman–Crippen LogP) is 1.58. The first-order valence-electron chi connectivity index (χ1n) is 11.7. The number of primary amides is 1. The summed E-state index contributed by atoms with van der Waals surface area (Å²) in [5.74, 6) is 1.07. The number of pyridine rings is 1. The Morgan fingerprint density at radius 2 is 1.82 bits per heavy atom. The van der Waals surface area contributed by atoms with Crippen molar-refractivity contribution < 1.29 is 9.53 Å². The van der Waals surface area contributed by atoms with Crippen molar-refractivity contribution in [1.82, 2.24) is 25.3 Å². The fourth-order valence-corrected chi connectivity index (χ4v) is 4.60. The van der Waals surface area contributed by atoms with Crippen LogP contribution in [0.5, 0.6) is 0 Å². The number of nitrogens with one attached hydrogen (secondary N) is 2. The fraction of sp³-hybridized carbons (Fsp3) is 0.417. The first-order valence-corrected chi connectivity index (χ1v) is 11.7. The first kappa shape index (κ1) is 22.3. The smallest absolute Gasteiger partial charge is 0.252 e. The summed E-state index contributed by atoms with van der Waals surface area (Å²) in [6.45, 7) is 8.43. The lowest BCUT2D eigenvalue weighted by atomic mass is 10.0. The summed E-state index contributed by atoms with van der Waals surface area (Å²) in [4.78, 5) is 33.8. The molecule has 10 heteroatoms. The third kappa shape index (κ3) is 4.46. The van der Waals surface area contributed by atoms with Gasteiger partial charge in [0.25, 0.3) is 5.91 Å². The monoisotopic (exact) mass is 462 g/mol. The van der Waals surface area contributed by atoms with Crippen LogP contribution in [0.15, 0.2) is 30.7 Å². The van der Waals surface area contributed by atoms with Gasteiger partial charge in [0.1, 0.15) is 5.82 Å².